The number of ketones is 1. The number of carbonyl (C=O) groups is 4. The Morgan fingerprint density at radius 2 is 1.67 bits per heavy atom. The molecule has 1 aliphatic rings. The fourth-order valence-electron chi connectivity index (χ4n) is 3.60. The molecule has 8 nitrogen and oxygen atoms in total. The van der Waals surface area contributed by atoms with Gasteiger partial charge < -0.3 is 9.47 Å². The van der Waals surface area contributed by atoms with Crippen LogP contribution < -0.4 is 10.1 Å². The van der Waals surface area contributed by atoms with E-state index in [1.807, 2.05) is 31.2 Å². The van der Waals surface area contributed by atoms with Gasteiger partial charge in [0.25, 0.3) is 11.1 Å². The lowest BCUT2D eigenvalue weighted by atomic mass is 9.97. The second-order valence-electron chi connectivity index (χ2n) is 8.17. The first-order chi connectivity index (χ1) is 17.4. The third kappa shape index (κ3) is 5.80. The van der Waals surface area contributed by atoms with Gasteiger partial charge in [0.2, 0.25) is 10.5 Å². The van der Waals surface area contributed by atoms with Gasteiger partial charge in [-0.15, -0.1) is 0 Å². The fraction of sp³-hybridized carbons (Fsp3) is 0.222. The van der Waals surface area contributed by atoms with Crippen LogP contribution in [0.25, 0.3) is 0 Å². The van der Waals surface area contributed by atoms with E-state index >= 15 is 0 Å². The lowest BCUT2D eigenvalue weighted by Crippen LogP contribution is -2.46. The topological polar surface area (TPSA) is 112 Å². The first-order valence-corrected chi connectivity index (χ1v) is 12.2. The van der Waals surface area contributed by atoms with Crippen LogP contribution in [0.5, 0.6) is 5.75 Å². The minimum absolute atomic E-state index is 0.0136. The summed E-state index contributed by atoms with van der Waals surface area (Å²) in [4.78, 5) is 54.1. The molecule has 0 bridgehead atoms. The minimum atomic E-state index is -1.72. The van der Waals surface area contributed by atoms with Gasteiger partial charge in [-0.3, -0.25) is 24.7 Å². The van der Waals surface area contributed by atoms with Crippen molar-refractivity contribution in [3.8, 4) is 5.75 Å². The monoisotopic (exact) mass is 504 g/mol. The number of rotatable bonds is 10. The molecule has 0 radical (unpaired) electrons. The molecule has 2 amide bonds. The summed E-state index contributed by atoms with van der Waals surface area (Å²) in [6, 6.07) is 19.2. The molecule has 1 fully saturated rings. The summed E-state index contributed by atoms with van der Waals surface area (Å²) >= 11 is 0.621. The zero-order chi connectivity index (χ0) is 25.5. The van der Waals surface area contributed by atoms with E-state index in [4.69, 9.17) is 9.47 Å². The highest BCUT2D eigenvalue weighted by atomic mass is 32.2. The predicted octanol–water partition coefficient (Wildman–Crippen LogP) is 3.91. The third-order valence-electron chi connectivity index (χ3n) is 5.66. The molecule has 4 rings (SSSR count). The quantitative estimate of drug-likeness (QED) is 0.251. The van der Waals surface area contributed by atoms with Crippen LogP contribution in [-0.2, 0) is 33.8 Å². The normalized spacial score (nSPS) is 16.9. The van der Waals surface area contributed by atoms with Gasteiger partial charge >= 0.3 is 5.97 Å². The second-order valence-corrected chi connectivity index (χ2v) is 9.44. The van der Waals surface area contributed by atoms with Crippen molar-refractivity contribution in [1.29, 1.82) is 0 Å². The van der Waals surface area contributed by atoms with Crippen LogP contribution in [0, 0.1) is 0 Å². The number of hydrogen-bond acceptors (Lipinski definition) is 8. The van der Waals surface area contributed by atoms with Crippen molar-refractivity contribution in [3.05, 3.63) is 95.3 Å². The largest absolute Gasteiger partial charge is 0.485 e. The number of amides is 2. The van der Waals surface area contributed by atoms with Crippen molar-refractivity contribution in [1.82, 2.24) is 10.3 Å². The summed E-state index contributed by atoms with van der Waals surface area (Å²) in [5, 5.41) is 1.59. The fourth-order valence-corrected chi connectivity index (χ4v) is 4.58. The van der Waals surface area contributed by atoms with Crippen LogP contribution in [0.3, 0.4) is 0 Å². The number of aryl methyl sites for hydroxylation is 1. The van der Waals surface area contributed by atoms with Gasteiger partial charge in [0, 0.05) is 12.6 Å². The van der Waals surface area contributed by atoms with Crippen LogP contribution in [-0.4, -0.2) is 39.2 Å². The average molecular weight is 505 g/mol. The number of benzene rings is 2. The molecule has 2 heterocycles. The molecule has 2 aromatic carbocycles. The van der Waals surface area contributed by atoms with Crippen LogP contribution in [0.15, 0.2) is 72.9 Å². The molecule has 0 saturated carbocycles. The lowest BCUT2D eigenvalue weighted by molar-refractivity contribution is -0.150. The Hall–Kier alpha value is -3.98. The van der Waals surface area contributed by atoms with E-state index in [-0.39, 0.29) is 25.4 Å². The third-order valence-corrected chi connectivity index (χ3v) is 6.79. The Morgan fingerprint density at radius 3 is 2.28 bits per heavy atom. The molecule has 0 aliphatic carbocycles. The van der Waals surface area contributed by atoms with E-state index in [9.17, 15) is 19.2 Å². The number of nitrogens with one attached hydrogen (secondary N) is 1. The van der Waals surface area contributed by atoms with E-state index < -0.39 is 21.9 Å². The molecule has 1 N–H and O–H groups in total. The van der Waals surface area contributed by atoms with Crippen molar-refractivity contribution in [2.24, 2.45) is 0 Å². The van der Waals surface area contributed by atoms with Gasteiger partial charge in [0.1, 0.15) is 18.1 Å². The molecular weight excluding hydrogens is 480 g/mol. The van der Waals surface area contributed by atoms with E-state index in [0.717, 1.165) is 17.5 Å². The molecule has 184 valence electrons. The number of aromatic nitrogens is 1. The molecule has 1 saturated heterocycles. The number of imide groups is 1. The van der Waals surface area contributed by atoms with E-state index in [1.54, 1.807) is 48.7 Å². The van der Waals surface area contributed by atoms with Gasteiger partial charge in [-0.2, -0.15) is 0 Å². The van der Waals surface area contributed by atoms with E-state index in [1.165, 1.54) is 0 Å². The smallest absolute Gasteiger partial charge is 0.333 e. The Balaban J connectivity index is 1.40. The van der Waals surface area contributed by atoms with Crippen molar-refractivity contribution < 1.29 is 28.7 Å². The van der Waals surface area contributed by atoms with Crippen LogP contribution in [0.1, 0.15) is 34.1 Å². The molecular formula is C27H24N2O6S. The predicted molar refractivity (Wildman–Crippen MR) is 134 cm³/mol. The summed E-state index contributed by atoms with van der Waals surface area (Å²) in [6.07, 6.45) is 2.46. The van der Waals surface area contributed by atoms with Gasteiger partial charge in [-0.1, -0.05) is 55.5 Å². The average Bonchev–Trinajstić information content (AvgIpc) is 3.20. The Labute approximate surface area is 212 Å². The highest BCUT2D eigenvalue weighted by Gasteiger charge is 2.55. The molecule has 36 heavy (non-hydrogen) atoms. The van der Waals surface area contributed by atoms with Crippen molar-refractivity contribution >= 4 is 34.7 Å². The SMILES string of the molecule is CCc1ccc(C(=O)COc2ccc(C[C@@]3(C(=O)OCc4ccccc4)SC(=O)NC3=O)cc2)nc1. The molecule has 1 aliphatic heterocycles. The zero-order valence-corrected chi connectivity index (χ0v) is 20.4. The van der Waals surface area contributed by atoms with Gasteiger partial charge in [-0.25, -0.2) is 4.79 Å². The highest BCUT2D eigenvalue weighted by molar-refractivity contribution is 8.16. The maximum absolute atomic E-state index is 13.0. The Bertz CT molecular complexity index is 1260. The summed E-state index contributed by atoms with van der Waals surface area (Å²) < 4.78 is 9.27. The van der Waals surface area contributed by atoms with Crippen molar-refractivity contribution in [2.75, 3.05) is 6.61 Å². The van der Waals surface area contributed by atoms with Crippen LogP contribution in [0.2, 0.25) is 0 Å². The van der Waals surface area contributed by atoms with E-state index in [0.29, 0.717) is 28.8 Å². The molecule has 0 spiro atoms. The molecule has 1 atom stereocenters. The summed E-state index contributed by atoms with van der Waals surface area (Å²) in [5.74, 6) is -1.30. The number of pyridine rings is 1. The van der Waals surface area contributed by atoms with Crippen molar-refractivity contribution in [2.45, 2.75) is 31.1 Å². The summed E-state index contributed by atoms with van der Waals surface area (Å²) in [5.41, 5.74) is 2.76. The first-order valence-electron chi connectivity index (χ1n) is 11.3. The number of thioether (sulfide) groups is 1. The summed E-state index contributed by atoms with van der Waals surface area (Å²) in [6.45, 7) is 1.82. The number of carbonyl (C=O) groups excluding carboxylic acids is 4. The Morgan fingerprint density at radius 1 is 0.944 bits per heavy atom. The standard InChI is InChI=1S/C27H24N2O6S/c1-2-18-10-13-22(28-15-18)23(30)17-34-21-11-8-19(9-12-21)14-27(24(31)29-26(33)36-27)25(32)35-16-20-6-4-3-5-7-20/h3-13,15H,2,14,16-17H2,1H3,(H,29,31,33)/t27-/m1/s1. The Kier molecular flexibility index (Phi) is 7.80. The second kappa shape index (κ2) is 11.2. The maximum atomic E-state index is 13.0. The van der Waals surface area contributed by atoms with E-state index in [2.05, 4.69) is 10.3 Å². The van der Waals surface area contributed by atoms with Crippen molar-refractivity contribution in [3.63, 3.8) is 0 Å². The molecule has 9 heteroatoms. The molecule has 3 aromatic rings. The lowest BCUT2D eigenvalue weighted by Gasteiger charge is -2.22. The van der Waals surface area contributed by atoms with Crippen LogP contribution in [0.4, 0.5) is 4.79 Å². The van der Waals surface area contributed by atoms with Gasteiger partial charge in [-0.05, 0) is 53.1 Å². The zero-order valence-electron chi connectivity index (χ0n) is 19.6. The molecule has 1 aromatic heterocycles. The van der Waals surface area contributed by atoms with Crippen LogP contribution >= 0.6 is 11.8 Å². The van der Waals surface area contributed by atoms with Gasteiger partial charge in [0.05, 0.1) is 0 Å². The highest BCUT2D eigenvalue weighted by Crippen LogP contribution is 2.37. The summed E-state index contributed by atoms with van der Waals surface area (Å²) in [7, 11) is 0. The number of Topliss-reactive ketones (excluding diaryl/α,β-unsaturated/α-hetero) is 1. The number of ether oxygens (including phenoxy) is 2. The number of nitrogens with zero attached hydrogens (tertiary/aromatic N) is 1. The van der Waals surface area contributed by atoms with Gasteiger partial charge in [0.15, 0.2) is 6.61 Å². The number of hydrogen-bond donors (Lipinski definition) is 1. The number of esters is 1. The molecule has 0 unspecified atom stereocenters. The maximum Gasteiger partial charge on any atom is 0.333 e. The first kappa shape index (κ1) is 25.1. The minimum Gasteiger partial charge on any atom is -0.485 e.